The fraction of sp³-hybridized carbons (Fsp3) is 0.778. The highest BCUT2D eigenvalue weighted by Crippen LogP contribution is 2.11. The zero-order valence-electron chi connectivity index (χ0n) is 8.38. The lowest BCUT2D eigenvalue weighted by Gasteiger charge is -2.22. The molecule has 0 saturated heterocycles. The summed E-state index contributed by atoms with van der Waals surface area (Å²) < 4.78 is 9.72. The van der Waals surface area contributed by atoms with Crippen molar-refractivity contribution in [2.24, 2.45) is 5.92 Å². The number of ether oxygens (including phenoxy) is 2. The van der Waals surface area contributed by atoms with E-state index in [0.717, 1.165) is 0 Å². The van der Waals surface area contributed by atoms with Crippen molar-refractivity contribution in [2.75, 3.05) is 13.7 Å². The minimum absolute atomic E-state index is 0.315. The molecule has 3 unspecified atom stereocenters. The first kappa shape index (κ1) is 13.2. The van der Waals surface area contributed by atoms with Gasteiger partial charge in [-0.3, -0.25) is 4.79 Å². The quantitative estimate of drug-likeness (QED) is 0.436. The number of hydrogen-bond acceptors (Lipinski definition) is 5. The summed E-state index contributed by atoms with van der Waals surface area (Å²) in [4.78, 5) is 20.9. The minimum Gasteiger partial charge on any atom is -0.394 e. The zero-order chi connectivity index (χ0) is 11.0. The van der Waals surface area contributed by atoms with Gasteiger partial charge in [-0.25, -0.2) is 0 Å². The molecule has 5 nitrogen and oxygen atoms in total. The van der Waals surface area contributed by atoms with Crippen molar-refractivity contribution in [2.45, 2.75) is 25.7 Å². The third-order valence-electron chi connectivity index (χ3n) is 1.96. The van der Waals surface area contributed by atoms with Crippen LogP contribution in [0.2, 0.25) is 0 Å². The molecule has 0 aliphatic heterocycles. The second-order valence-corrected chi connectivity index (χ2v) is 2.81. The second-order valence-electron chi connectivity index (χ2n) is 2.81. The number of aliphatic hydroxyl groups excluding tert-OH is 1. The Kier molecular flexibility index (Phi) is 7.18. The maximum atomic E-state index is 10.6. The number of aldehydes is 2. The van der Waals surface area contributed by atoms with Gasteiger partial charge < -0.3 is 19.4 Å². The first-order chi connectivity index (χ1) is 6.73. The van der Waals surface area contributed by atoms with Crippen LogP contribution in [0.15, 0.2) is 0 Å². The molecule has 3 atom stereocenters. The number of aliphatic hydroxyl groups is 1. The number of hydrogen-bond donors (Lipinski definition) is 1. The molecule has 5 heteroatoms. The molecular weight excluding hydrogens is 188 g/mol. The van der Waals surface area contributed by atoms with E-state index in [1.54, 1.807) is 6.92 Å². The first-order valence-electron chi connectivity index (χ1n) is 4.43. The highest BCUT2D eigenvalue weighted by atomic mass is 16.7. The summed E-state index contributed by atoms with van der Waals surface area (Å²) in [6.45, 7) is 1.48. The molecule has 1 N–H and O–H groups in total. The van der Waals surface area contributed by atoms with E-state index in [0.29, 0.717) is 19.0 Å². The van der Waals surface area contributed by atoms with Crippen LogP contribution in [0, 0.1) is 5.92 Å². The molecule has 0 aliphatic carbocycles. The Morgan fingerprint density at radius 3 is 2.29 bits per heavy atom. The highest BCUT2D eigenvalue weighted by Gasteiger charge is 2.22. The number of rotatable bonds is 8. The topological polar surface area (TPSA) is 72.8 Å². The van der Waals surface area contributed by atoms with E-state index in [9.17, 15) is 9.59 Å². The van der Waals surface area contributed by atoms with Gasteiger partial charge in [0.05, 0.1) is 12.7 Å². The van der Waals surface area contributed by atoms with Crippen molar-refractivity contribution in [3.05, 3.63) is 0 Å². The number of carbonyl (C=O) groups is 2. The van der Waals surface area contributed by atoms with E-state index < -0.39 is 18.3 Å². The Morgan fingerprint density at radius 2 is 2.00 bits per heavy atom. The summed E-state index contributed by atoms with van der Waals surface area (Å²) in [6, 6.07) is 0. The van der Waals surface area contributed by atoms with Crippen LogP contribution in [0.4, 0.5) is 0 Å². The smallest absolute Gasteiger partial charge is 0.214 e. The summed E-state index contributed by atoms with van der Waals surface area (Å²) in [5.74, 6) is -0.419. The molecule has 0 rings (SSSR count). The first-order valence-corrected chi connectivity index (χ1v) is 4.43. The average molecular weight is 204 g/mol. The van der Waals surface area contributed by atoms with Gasteiger partial charge in [-0.1, -0.05) is 6.92 Å². The van der Waals surface area contributed by atoms with E-state index in [-0.39, 0.29) is 6.61 Å². The fourth-order valence-electron chi connectivity index (χ4n) is 1.04. The standard InChI is InChI=1S/C9H16O5/c1-3-7(4-10)8(5-11)14-9(6-12)13-2/h4,6-9,11H,3,5H2,1-2H3. The molecule has 0 aromatic heterocycles. The van der Waals surface area contributed by atoms with Crippen LogP contribution in [0.5, 0.6) is 0 Å². The number of carbonyl (C=O) groups excluding carboxylic acids is 2. The Balaban J connectivity index is 4.24. The van der Waals surface area contributed by atoms with Crippen molar-refractivity contribution >= 4 is 12.6 Å². The van der Waals surface area contributed by atoms with Crippen molar-refractivity contribution in [3.63, 3.8) is 0 Å². The molecular formula is C9H16O5. The van der Waals surface area contributed by atoms with Crippen molar-refractivity contribution in [3.8, 4) is 0 Å². The molecule has 0 saturated carbocycles. The monoisotopic (exact) mass is 204 g/mol. The molecule has 14 heavy (non-hydrogen) atoms. The Hall–Kier alpha value is -0.780. The van der Waals surface area contributed by atoms with Gasteiger partial charge in [-0.2, -0.15) is 0 Å². The van der Waals surface area contributed by atoms with Crippen molar-refractivity contribution in [1.29, 1.82) is 0 Å². The molecule has 0 aliphatic rings. The predicted molar refractivity (Wildman–Crippen MR) is 48.7 cm³/mol. The van der Waals surface area contributed by atoms with Gasteiger partial charge in [0, 0.05) is 13.0 Å². The third kappa shape index (κ3) is 3.95. The van der Waals surface area contributed by atoms with Gasteiger partial charge >= 0.3 is 0 Å². The van der Waals surface area contributed by atoms with Gasteiger partial charge in [0.2, 0.25) is 6.29 Å². The van der Waals surface area contributed by atoms with E-state index >= 15 is 0 Å². The largest absolute Gasteiger partial charge is 0.394 e. The van der Waals surface area contributed by atoms with Crippen LogP contribution >= 0.6 is 0 Å². The van der Waals surface area contributed by atoms with Crippen molar-refractivity contribution < 1.29 is 24.2 Å². The van der Waals surface area contributed by atoms with E-state index in [4.69, 9.17) is 9.84 Å². The predicted octanol–water partition coefficient (Wildman–Crippen LogP) is -0.240. The lowest BCUT2D eigenvalue weighted by Crippen LogP contribution is -2.34. The van der Waals surface area contributed by atoms with Crippen LogP contribution < -0.4 is 0 Å². The molecule has 0 spiro atoms. The lowest BCUT2D eigenvalue weighted by molar-refractivity contribution is -0.177. The van der Waals surface area contributed by atoms with Crippen LogP contribution in [-0.4, -0.2) is 43.8 Å². The molecule has 0 fully saturated rings. The lowest BCUT2D eigenvalue weighted by atomic mass is 10.0. The van der Waals surface area contributed by atoms with Gasteiger partial charge in [-0.15, -0.1) is 0 Å². The van der Waals surface area contributed by atoms with E-state index in [1.807, 2.05) is 0 Å². The molecule has 0 bridgehead atoms. The molecule has 0 heterocycles. The maximum absolute atomic E-state index is 10.6. The van der Waals surface area contributed by atoms with E-state index in [2.05, 4.69) is 4.74 Å². The van der Waals surface area contributed by atoms with Crippen LogP contribution in [0.1, 0.15) is 13.3 Å². The summed E-state index contributed by atoms with van der Waals surface area (Å²) in [5.41, 5.74) is 0. The average Bonchev–Trinajstić information content (AvgIpc) is 2.24. The van der Waals surface area contributed by atoms with Gasteiger partial charge in [-0.05, 0) is 6.42 Å². The maximum Gasteiger partial charge on any atom is 0.214 e. The third-order valence-corrected chi connectivity index (χ3v) is 1.96. The highest BCUT2D eigenvalue weighted by molar-refractivity contribution is 5.55. The zero-order valence-corrected chi connectivity index (χ0v) is 8.38. The summed E-state index contributed by atoms with van der Waals surface area (Å²) >= 11 is 0. The Labute approximate surface area is 83.0 Å². The SMILES string of the molecule is CCC(C=O)C(CO)OC(C=O)OC. The molecule has 0 aromatic carbocycles. The molecule has 0 radical (unpaired) electrons. The summed E-state index contributed by atoms with van der Waals surface area (Å²) in [5, 5.41) is 8.94. The Morgan fingerprint density at radius 1 is 1.36 bits per heavy atom. The molecule has 82 valence electrons. The van der Waals surface area contributed by atoms with Crippen molar-refractivity contribution in [1.82, 2.24) is 0 Å². The Bertz CT molecular complexity index is 171. The molecule has 0 amide bonds. The minimum atomic E-state index is -1.03. The summed E-state index contributed by atoms with van der Waals surface area (Å²) in [6.07, 6.45) is 0.0107. The normalized spacial score (nSPS) is 17.1. The molecule has 0 aromatic rings. The second kappa shape index (κ2) is 7.61. The fourth-order valence-corrected chi connectivity index (χ4v) is 1.04. The number of methoxy groups -OCH3 is 1. The van der Waals surface area contributed by atoms with Gasteiger partial charge in [0.1, 0.15) is 6.29 Å². The van der Waals surface area contributed by atoms with Crippen LogP contribution in [0.3, 0.4) is 0 Å². The van der Waals surface area contributed by atoms with Gasteiger partial charge in [0.15, 0.2) is 6.29 Å². The van der Waals surface area contributed by atoms with Gasteiger partial charge in [0.25, 0.3) is 0 Å². The van der Waals surface area contributed by atoms with E-state index in [1.165, 1.54) is 7.11 Å². The van der Waals surface area contributed by atoms with Crippen LogP contribution in [0.25, 0.3) is 0 Å². The van der Waals surface area contributed by atoms with Crippen LogP contribution in [-0.2, 0) is 19.1 Å². The summed E-state index contributed by atoms with van der Waals surface area (Å²) in [7, 11) is 1.31.